The zero-order valence-corrected chi connectivity index (χ0v) is 50.4. The molecule has 0 unspecified atom stereocenters. The van der Waals surface area contributed by atoms with Crippen LogP contribution in [-0.2, 0) is 9.59 Å². The molecule has 0 bridgehead atoms. The number of nitrogens with two attached hydrogens (primary N) is 2. The van der Waals surface area contributed by atoms with Crippen LogP contribution in [0.25, 0.3) is 64.5 Å². The van der Waals surface area contributed by atoms with Gasteiger partial charge in [-0.15, -0.1) is 0 Å². The molecule has 18 nitrogen and oxygen atoms in total. The van der Waals surface area contributed by atoms with Gasteiger partial charge in [-0.05, 0) is 119 Å². The van der Waals surface area contributed by atoms with Crippen molar-refractivity contribution in [2.24, 2.45) is 0 Å². The Morgan fingerprint density at radius 1 is 0.736 bits per heavy atom. The van der Waals surface area contributed by atoms with Gasteiger partial charge in [-0.1, -0.05) is 58.4 Å². The van der Waals surface area contributed by atoms with Gasteiger partial charge in [-0.25, -0.2) is 27.5 Å². The van der Waals surface area contributed by atoms with Gasteiger partial charge in [0.25, 0.3) is 5.91 Å². The maximum Gasteiger partial charge on any atom is 0.319 e. The minimum Gasteiger partial charge on any atom is -0.462 e. The molecule has 26 heteroatoms. The number of amides is 2. The Balaban J connectivity index is 0.668. The second kappa shape index (κ2) is 22.6. The predicted octanol–water partition coefficient (Wildman–Crippen LogP) is 10.1. The average Bonchev–Trinajstić information content (AvgIpc) is 1.66. The summed E-state index contributed by atoms with van der Waals surface area (Å²) in [6.45, 7) is 8.97. The second-order valence-corrected chi connectivity index (χ2v) is 26.2. The van der Waals surface area contributed by atoms with E-state index in [1.165, 1.54) is 30.3 Å². The van der Waals surface area contributed by atoms with E-state index in [4.69, 9.17) is 54.1 Å². The molecular weight excluding hydrogens is 1200 g/mol. The highest BCUT2D eigenvalue weighted by Crippen LogP contribution is 2.47. The zero-order chi connectivity index (χ0) is 60.2. The molecule has 1 saturated carbocycles. The van der Waals surface area contributed by atoms with Crippen molar-refractivity contribution in [3.8, 4) is 46.1 Å². The van der Waals surface area contributed by atoms with E-state index in [-0.39, 0.29) is 134 Å². The molecule has 87 heavy (non-hydrogen) atoms. The van der Waals surface area contributed by atoms with Crippen molar-refractivity contribution in [1.82, 2.24) is 49.5 Å². The van der Waals surface area contributed by atoms with Crippen LogP contribution >= 0.6 is 45.9 Å². The summed E-state index contributed by atoms with van der Waals surface area (Å²) in [6, 6.07) is 8.22. The lowest BCUT2D eigenvalue weighted by atomic mass is 9.95. The van der Waals surface area contributed by atoms with Gasteiger partial charge in [0.1, 0.15) is 47.5 Å². The maximum atomic E-state index is 17.4. The van der Waals surface area contributed by atoms with E-state index in [1.54, 1.807) is 21.9 Å². The molecule has 6 aliphatic rings. The number of fused-ring (bicyclic) bond motifs is 5. The van der Waals surface area contributed by atoms with E-state index >= 15 is 8.78 Å². The van der Waals surface area contributed by atoms with Crippen molar-refractivity contribution in [3.63, 3.8) is 0 Å². The molecule has 450 valence electrons. The van der Waals surface area contributed by atoms with Gasteiger partial charge in [0, 0.05) is 91.3 Å². The molecular formula is C61H58Cl2F4N14O4S2. The average molecular weight is 1260 g/mol. The number of ether oxygens (including phenoxy) is 2. The minimum atomic E-state index is -0.756. The van der Waals surface area contributed by atoms with Gasteiger partial charge in [0.05, 0.1) is 48.1 Å². The number of anilines is 4. The van der Waals surface area contributed by atoms with Crippen LogP contribution in [0.4, 0.5) is 39.5 Å². The summed E-state index contributed by atoms with van der Waals surface area (Å²) < 4.78 is 77.7. The van der Waals surface area contributed by atoms with Gasteiger partial charge in [0.15, 0.2) is 21.9 Å². The lowest BCUT2D eigenvalue weighted by Gasteiger charge is -2.46. The third-order valence-electron chi connectivity index (χ3n) is 18.1. The van der Waals surface area contributed by atoms with Crippen molar-refractivity contribution < 1.29 is 36.6 Å². The molecule has 8 aromatic rings. The number of hydrogen-bond donors (Lipinski definition) is 2. The van der Waals surface area contributed by atoms with Crippen LogP contribution in [0.2, 0.25) is 10.0 Å². The first-order chi connectivity index (χ1) is 42.0. The number of hydrogen-bond acceptors (Lipinski definition) is 18. The molecule has 2 amide bonds. The Kier molecular flexibility index (Phi) is 14.9. The smallest absolute Gasteiger partial charge is 0.319 e. The molecule has 4 aromatic carbocycles. The highest BCUT2D eigenvalue weighted by Gasteiger charge is 2.46. The number of halogens is 6. The number of nitrogen functional groups attached to an aromatic ring is 2. The molecule has 1 atom stereocenters. The van der Waals surface area contributed by atoms with Crippen LogP contribution in [0, 0.1) is 35.1 Å². The topological polar surface area (TPSA) is 201 Å². The van der Waals surface area contributed by atoms with Crippen LogP contribution in [-0.4, -0.2) is 164 Å². The fourth-order valence-corrected chi connectivity index (χ4v) is 15.5. The molecule has 6 fully saturated rings. The van der Waals surface area contributed by atoms with Crippen LogP contribution < -0.4 is 30.7 Å². The van der Waals surface area contributed by atoms with E-state index in [1.807, 2.05) is 11.9 Å². The summed E-state index contributed by atoms with van der Waals surface area (Å²) >= 11 is 15.8. The van der Waals surface area contributed by atoms with Gasteiger partial charge < -0.3 is 40.5 Å². The normalized spacial score (nSPS) is 18.8. The van der Waals surface area contributed by atoms with E-state index in [0.717, 1.165) is 93.7 Å². The number of thiazole rings is 2. The predicted molar refractivity (Wildman–Crippen MR) is 331 cm³/mol. The fourth-order valence-electron chi connectivity index (χ4n) is 13.4. The highest BCUT2D eigenvalue weighted by atomic mass is 35.5. The number of carbonyl (C=O) groups is 2. The van der Waals surface area contributed by atoms with Crippen LogP contribution in [0.1, 0.15) is 57.8 Å². The summed E-state index contributed by atoms with van der Waals surface area (Å²) in [5.74, 6) is 3.65. The third kappa shape index (κ3) is 10.3. The first-order valence-corrected chi connectivity index (χ1v) is 31.5. The Hall–Kier alpha value is -7.40. The molecule has 1 aliphatic carbocycles. The van der Waals surface area contributed by atoms with E-state index in [2.05, 4.69) is 53.1 Å². The maximum absolute atomic E-state index is 17.4. The van der Waals surface area contributed by atoms with Crippen molar-refractivity contribution in [2.75, 3.05) is 93.9 Å². The summed E-state index contributed by atoms with van der Waals surface area (Å²) in [6.07, 6.45) is 9.22. The fraction of sp³-hybridized carbons (Fsp3) is 0.410. The highest BCUT2D eigenvalue weighted by molar-refractivity contribution is 7.22. The Morgan fingerprint density at radius 3 is 1.91 bits per heavy atom. The van der Waals surface area contributed by atoms with Crippen molar-refractivity contribution >= 4 is 122 Å². The zero-order valence-electron chi connectivity index (χ0n) is 47.2. The van der Waals surface area contributed by atoms with Crippen molar-refractivity contribution in [1.29, 1.82) is 0 Å². The summed E-state index contributed by atoms with van der Waals surface area (Å²) in [7, 11) is 1.83. The number of aromatic nitrogens is 6. The molecule has 4 aromatic heterocycles. The van der Waals surface area contributed by atoms with Crippen molar-refractivity contribution in [2.45, 2.75) is 87.5 Å². The number of likely N-dealkylation sites (tertiary alicyclic amines) is 3. The third-order valence-corrected chi connectivity index (χ3v) is 20.5. The standard InChI is InChI=1S/C61H58Cl2F4N14O4S2/c1-3-43(82)78-27-34(28-78)81(31-11-12-31)56-38-24-40(63)46(36-14-16-42(65)54-52(36)71-58(69)87-54)48(67)50(38)72-59(75-56)84-29-32-9-6-20-77(32)19-5-4-10-44(83)79-25-33(26-79)76(2)55-37-23-39(62)45(35-13-15-41(64)53-51(35)70-57(68)86-53)47(66)49(37)73-60(74-55)85-30-61-17-7-21-80(61)22-8-18-61/h3,13-16,23-24,31-34H,1,5-9,11-12,17-22,25-30H2,2H3,(H2,68,70)(H2,69,71)/t32-/m0/s1. The van der Waals surface area contributed by atoms with E-state index in [0.29, 0.717) is 68.2 Å². The monoisotopic (exact) mass is 1260 g/mol. The first-order valence-electron chi connectivity index (χ1n) is 29.1. The number of nitrogens with zero attached hydrogens (tertiary/aromatic N) is 12. The van der Waals surface area contributed by atoms with Crippen LogP contribution in [0.15, 0.2) is 49.1 Å². The number of benzene rings is 4. The number of carbonyl (C=O) groups excluding carboxylic acids is 2. The van der Waals surface area contributed by atoms with Crippen LogP contribution in [0.3, 0.4) is 0 Å². The Labute approximate surface area is 515 Å². The van der Waals surface area contributed by atoms with Gasteiger partial charge in [-0.2, -0.15) is 19.9 Å². The summed E-state index contributed by atoms with van der Waals surface area (Å²) in [4.78, 5) is 66.1. The molecule has 5 saturated heterocycles. The summed E-state index contributed by atoms with van der Waals surface area (Å²) in [5.41, 5.74) is 12.7. The Morgan fingerprint density at radius 2 is 1.31 bits per heavy atom. The molecule has 0 spiro atoms. The van der Waals surface area contributed by atoms with Gasteiger partial charge in [0.2, 0.25) is 5.91 Å². The number of likely N-dealkylation sites (N-methyl/N-ethyl adjacent to an activating group) is 1. The molecule has 5 aliphatic heterocycles. The molecule has 0 radical (unpaired) electrons. The lowest BCUT2D eigenvalue weighted by molar-refractivity contribution is -0.130. The van der Waals surface area contributed by atoms with Gasteiger partial charge >= 0.3 is 12.0 Å². The SMILES string of the molecule is C=CC(=O)N1CC(N(c2nc(OC[C@@H]3CCCN3CCC#CC(=O)N3CC(N(C)c4nc(OCC56CCCN5CCC6)nc5c(F)c(-c6ccc(F)c7sc(N)nc67)c(Cl)cc45)C3)nc3c(F)c(-c4ccc(F)c5sc(N)nc45)c(Cl)cc23)C2CC2)C1. The quantitative estimate of drug-likeness (QED) is 0.0525. The minimum absolute atomic E-state index is 0.00129. The first kappa shape index (κ1) is 57.4. The molecule has 14 rings (SSSR count). The van der Waals surface area contributed by atoms with E-state index in [9.17, 15) is 18.4 Å². The molecule has 4 N–H and O–H groups in total. The lowest BCUT2D eigenvalue weighted by Crippen LogP contribution is -2.61. The van der Waals surface area contributed by atoms with Crippen molar-refractivity contribution in [3.05, 3.63) is 82.4 Å². The summed E-state index contributed by atoms with van der Waals surface area (Å²) in [5, 5.41) is 1.04. The van der Waals surface area contributed by atoms with Gasteiger partial charge in [-0.3, -0.25) is 19.4 Å². The second-order valence-electron chi connectivity index (χ2n) is 23.3. The Bertz CT molecular complexity index is 4220. The molecule has 9 heterocycles. The van der Waals surface area contributed by atoms with E-state index < -0.39 is 23.3 Å². The van der Waals surface area contributed by atoms with Crippen LogP contribution in [0.5, 0.6) is 12.0 Å². The largest absolute Gasteiger partial charge is 0.462 e. The number of rotatable bonds is 16.